The van der Waals surface area contributed by atoms with E-state index in [0.717, 1.165) is 34.7 Å². The van der Waals surface area contributed by atoms with Gasteiger partial charge in [-0.3, -0.25) is 4.79 Å². The van der Waals surface area contributed by atoms with E-state index >= 15 is 0 Å². The summed E-state index contributed by atoms with van der Waals surface area (Å²) in [7, 11) is 0. The fraction of sp³-hybridized carbons (Fsp3) is 0.280. The van der Waals surface area contributed by atoms with Gasteiger partial charge >= 0.3 is 0 Å². The SMILES string of the molecule is CCOc1ccc(CCNc2ncccc2C(=O)Nc2ccccc2C)cc1OCC. The van der Waals surface area contributed by atoms with Crippen molar-refractivity contribution in [2.45, 2.75) is 27.2 Å². The van der Waals surface area contributed by atoms with Gasteiger partial charge in [-0.05, 0) is 68.7 Å². The minimum absolute atomic E-state index is 0.190. The molecule has 0 aliphatic carbocycles. The summed E-state index contributed by atoms with van der Waals surface area (Å²) in [6, 6.07) is 17.2. The van der Waals surface area contributed by atoms with Crippen LogP contribution in [-0.2, 0) is 6.42 Å². The van der Waals surface area contributed by atoms with Crippen LogP contribution in [0.25, 0.3) is 0 Å². The third-order valence-electron chi connectivity index (χ3n) is 4.76. The van der Waals surface area contributed by atoms with Gasteiger partial charge in [-0.1, -0.05) is 24.3 Å². The third-order valence-corrected chi connectivity index (χ3v) is 4.76. The van der Waals surface area contributed by atoms with Crippen molar-refractivity contribution in [1.29, 1.82) is 0 Å². The van der Waals surface area contributed by atoms with Gasteiger partial charge in [-0.15, -0.1) is 0 Å². The highest BCUT2D eigenvalue weighted by Gasteiger charge is 2.13. The number of hydrogen-bond acceptors (Lipinski definition) is 5. The molecule has 1 aromatic heterocycles. The largest absolute Gasteiger partial charge is 0.490 e. The molecule has 0 atom stereocenters. The number of nitrogens with one attached hydrogen (secondary N) is 2. The van der Waals surface area contributed by atoms with Crippen LogP contribution in [0.3, 0.4) is 0 Å². The number of amides is 1. The van der Waals surface area contributed by atoms with Crippen molar-refractivity contribution in [3.8, 4) is 11.5 Å². The molecule has 0 saturated heterocycles. The predicted molar refractivity (Wildman–Crippen MR) is 124 cm³/mol. The number of aryl methyl sites for hydroxylation is 1. The van der Waals surface area contributed by atoms with Crippen molar-refractivity contribution in [1.82, 2.24) is 4.98 Å². The van der Waals surface area contributed by atoms with Crippen molar-refractivity contribution in [2.75, 3.05) is 30.4 Å². The van der Waals surface area contributed by atoms with Crippen LogP contribution < -0.4 is 20.1 Å². The average molecular weight is 420 g/mol. The van der Waals surface area contributed by atoms with Crippen molar-refractivity contribution in [3.63, 3.8) is 0 Å². The smallest absolute Gasteiger partial charge is 0.259 e. The minimum atomic E-state index is -0.190. The first-order valence-corrected chi connectivity index (χ1v) is 10.6. The first-order chi connectivity index (χ1) is 15.1. The maximum absolute atomic E-state index is 12.8. The van der Waals surface area contributed by atoms with Crippen molar-refractivity contribution in [3.05, 3.63) is 77.5 Å². The van der Waals surface area contributed by atoms with Gasteiger partial charge in [0.25, 0.3) is 5.91 Å². The molecule has 2 aromatic carbocycles. The molecule has 0 saturated carbocycles. The average Bonchev–Trinajstić information content (AvgIpc) is 2.77. The Labute approximate surface area is 183 Å². The Morgan fingerprint density at radius 3 is 2.52 bits per heavy atom. The van der Waals surface area contributed by atoms with Gasteiger partial charge in [-0.25, -0.2) is 4.98 Å². The number of nitrogens with zero attached hydrogens (tertiary/aromatic N) is 1. The number of carbonyl (C=O) groups excluding carboxylic acids is 1. The molecule has 1 amide bonds. The molecule has 6 heteroatoms. The summed E-state index contributed by atoms with van der Waals surface area (Å²) < 4.78 is 11.3. The highest BCUT2D eigenvalue weighted by atomic mass is 16.5. The van der Waals surface area contributed by atoms with Gasteiger partial charge in [-0.2, -0.15) is 0 Å². The fourth-order valence-corrected chi connectivity index (χ4v) is 3.21. The molecule has 0 aliphatic heterocycles. The van der Waals surface area contributed by atoms with Gasteiger partial charge in [0.05, 0.1) is 18.8 Å². The molecular weight excluding hydrogens is 390 g/mol. The van der Waals surface area contributed by atoms with Gasteiger partial charge in [0.1, 0.15) is 5.82 Å². The Hall–Kier alpha value is -3.54. The number of para-hydroxylation sites is 1. The maximum atomic E-state index is 12.8. The van der Waals surface area contributed by atoms with Crippen molar-refractivity contribution >= 4 is 17.4 Å². The Morgan fingerprint density at radius 1 is 0.968 bits per heavy atom. The zero-order chi connectivity index (χ0) is 22.1. The number of carbonyl (C=O) groups is 1. The molecule has 0 bridgehead atoms. The summed E-state index contributed by atoms with van der Waals surface area (Å²) >= 11 is 0. The van der Waals surface area contributed by atoms with E-state index in [0.29, 0.717) is 31.1 Å². The highest BCUT2D eigenvalue weighted by molar-refractivity contribution is 6.07. The zero-order valence-corrected chi connectivity index (χ0v) is 18.3. The van der Waals surface area contributed by atoms with E-state index in [1.807, 2.05) is 63.2 Å². The molecule has 6 nitrogen and oxygen atoms in total. The summed E-state index contributed by atoms with van der Waals surface area (Å²) in [4.78, 5) is 17.2. The molecule has 3 rings (SSSR count). The molecule has 162 valence electrons. The van der Waals surface area contributed by atoms with E-state index < -0.39 is 0 Å². The molecule has 1 heterocycles. The van der Waals surface area contributed by atoms with E-state index in [9.17, 15) is 4.79 Å². The lowest BCUT2D eigenvalue weighted by molar-refractivity contribution is 0.102. The summed E-state index contributed by atoms with van der Waals surface area (Å²) in [5, 5.41) is 6.26. The molecule has 3 aromatic rings. The van der Waals surface area contributed by atoms with Crippen LogP contribution in [0.1, 0.15) is 35.3 Å². The summed E-state index contributed by atoms with van der Waals surface area (Å²) in [5.41, 5.74) is 3.42. The highest BCUT2D eigenvalue weighted by Crippen LogP contribution is 2.28. The molecule has 0 fully saturated rings. The zero-order valence-electron chi connectivity index (χ0n) is 18.3. The van der Waals surface area contributed by atoms with Gasteiger partial charge in [0, 0.05) is 18.4 Å². The van der Waals surface area contributed by atoms with Crippen LogP contribution in [0.15, 0.2) is 60.8 Å². The first-order valence-electron chi connectivity index (χ1n) is 10.6. The van der Waals surface area contributed by atoms with E-state index in [-0.39, 0.29) is 5.91 Å². The summed E-state index contributed by atoms with van der Waals surface area (Å²) in [5.74, 6) is 1.87. The second-order valence-electron chi connectivity index (χ2n) is 6.99. The molecule has 0 radical (unpaired) electrons. The monoisotopic (exact) mass is 419 g/mol. The Kier molecular flexibility index (Phi) is 7.87. The van der Waals surface area contributed by atoms with Crippen LogP contribution in [0.4, 0.5) is 11.5 Å². The van der Waals surface area contributed by atoms with Gasteiger partial charge < -0.3 is 20.1 Å². The van der Waals surface area contributed by atoms with Crippen LogP contribution in [0.2, 0.25) is 0 Å². The molecule has 0 spiro atoms. The topological polar surface area (TPSA) is 72.5 Å². The quantitative estimate of drug-likeness (QED) is 0.479. The van der Waals surface area contributed by atoms with Crippen LogP contribution in [0.5, 0.6) is 11.5 Å². The maximum Gasteiger partial charge on any atom is 0.259 e. The van der Waals surface area contributed by atoms with Gasteiger partial charge in [0.2, 0.25) is 0 Å². The lowest BCUT2D eigenvalue weighted by Gasteiger charge is -2.14. The number of aromatic nitrogens is 1. The van der Waals surface area contributed by atoms with E-state index in [2.05, 4.69) is 15.6 Å². The lowest BCUT2D eigenvalue weighted by Crippen LogP contribution is -2.17. The minimum Gasteiger partial charge on any atom is -0.490 e. The molecule has 2 N–H and O–H groups in total. The van der Waals surface area contributed by atoms with E-state index in [1.54, 1.807) is 18.3 Å². The molecule has 31 heavy (non-hydrogen) atoms. The van der Waals surface area contributed by atoms with E-state index in [1.165, 1.54) is 0 Å². The number of pyridine rings is 1. The number of hydrogen-bond donors (Lipinski definition) is 2. The number of ether oxygens (including phenoxy) is 2. The molecule has 0 unspecified atom stereocenters. The Morgan fingerprint density at radius 2 is 1.74 bits per heavy atom. The van der Waals surface area contributed by atoms with Crippen LogP contribution >= 0.6 is 0 Å². The number of anilines is 2. The second-order valence-corrected chi connectivity index (χ2v) is 6.99. The van der Waals surface area contributed by atoms with Gasteiger partial charge in [0.15, 0.2) is 11.5 Å². The second kappa shape index (κ2) is 11.0. The standard InChI is InChI=1S/C25H29N3O3/c1-4-30-22-13-12-19(17-23(22)31-5-2)14-16-27-24-20(10-8-15-26-24)25(29)28-21-11-7-6-9-18(21)3/h6-13,15,17H,4-5,14,16H2,1-3H3,(H,26,27)(H,28,29). The predicted octanol–water partition coefficient (Wildman–Crippen LogP) is 5.09. The molecular formula is C25H29N3O3. The number of benzene rings is 2. The Bertz CT molecular complexity index is 1020. The third kappa shape index (κ3) is 5.98. The van der Waals surface area contributed by atoms with Crippen LogP contribution in [-0.4, -0.2) is 30.6 Å². The van der Waals surface area contributed by atoms with Crippen molar-refractivity contribution in [2.24, 2.45) is 0 Å². The fourth-order valence-electron chi connectivity index (χ4n) is 3.21. The lowest BCUT2D eigenvalue weighted by atomic mass is 10.1. The van der Waals surface area contributed by atoms with Crippen LogP contribution in [0, 0.1) is 6.92 Å². The first kappa shape index (κ1) is 22.2. The Balaban J connectivity index is 1.66. The van der Waals surface area contributed by atoms with E-state index in [4.69, 9.17) is 9.47 Å². The molecule has 0 aliphatic rings. The summed E-state index contributed by atoms with van der Waals surface area (Å²) in [6.45, 7) is 7.66. The van der Waals surface area contributed by atoms with Crippen molar-refractivity contribution < 1.29 is 14.3 Å². The normalized spacial score (nSPS) is 10.4. The number of rotatable bonds is 10. The summed E-state index contributed by atoms with van der Waals surface area (Å²) in [6.07, 6.45) is 2.43.